The Bertz CT molecular complexity index is 1430. The minimum atomic E-state index is -3.85. The molecule has 5 aliphatic carbocycles. The number of allylic oxidation sites excluding steroid dienone is 1. The molecule has 0 N–H and O–H groups in total. The first kappa shape index (κ1) is 32.3. The fraction of sp³-hybridized carbons (Fsp3) is 0.763. The monoisotopic (exact) mass is 624 g/mol. The zero-order valence-corrected chi connectivity index (χ0v) is 29.3. The van der Waals surface area contributed by atoms with Gasteiger partial charge in [0.25, 0.3) is 10.1 Å². The van der Waals surface area contributed by atoms with Crippen molar-refractivity contribution < 1.29 is 22.1 Å². The highest BCUT2D eigenvalue weighted by Gasteiger charge is 2.72. The van der Waals surface area contributed by atoms with Gasteiger partial charge >= 0.3 is 5.97 Å². The Kier molecular flexibility index (Phi) is 7.65. The first-order chi connectivity index (χ1) is 20.5. The fourth-order valence-corrected chi connectivity index (χ4v) is 14.0. The van der Waals surface area contributed by atoms with Crippen LogP contribution < -0.4 is 0 Å². The molecule has 0 amide bonds. The summed E-state index contributed by atoms with van der Waals surface area (Å²) in [6.07, 6.45) is 9.90. The third kappa shape index (κ3) is 4.31. The van der Waals surface area contributed by atoms with E-state index in [1.165, 1.54) is 12.0 Å². The molecule has 5 fully saturated rings. The number of carbonyl (C=O) groups excluding carboxylic acids is 1. The van der Waals surface area contributed by atoms with E-state index in [1.807, 2.05) is 19.1 Å². The van der Waals surface area contributed by atoms with Crippen LogP contribution in [0.3, 0.4) is 0 Å². The summed E-state index contributed by atoms with van der Waals surface area (Å²) in [5.41, 5.74) is 2.02. The summed E-state index contributed by atoms with van der Waals surface area (Å²) in [6, 6.07) is 7.00. The highest BCUT2D eigenvalue weighted by Crippen LogP contribution is 2.77. The number of hydrogen-bond acceptors (Lipinski definition) is 5. The van der Waals surface area contributed by atoms with Gasteiger partial charge in [0, 0.05) is 0 Å². The average Bonchev–Trinajstić information content (AvgIpc) is 3.36. The molecular formula is C38H56O5S. The second-order valence-corrected chi connectivity index (χ2v) is 18.6. The molecule has 0 spiro atoms. The number of carbonyl (C=O) groups is 1. The summed E-state index contributed by atoms with van der Waals surface area (Å²) in [5, 5.41) is 0. The van der Waals surface area contributed by atoms with Crippen LogP contribution in [0.2, 0.25) is 0 Å². The predicted molar refractivity (Wildman–Crippen MR) is 174 cm³/mol. The normalized spacial score (nSPS) is 44.5. The lowest BCUT2D eigenvalue weighted by atomic mass is 9.32. The number of benzene rings is 1. The zero-order valence-electron chi connectivity index (χ0n) is 28.5. The molecule has 1 aromatic rings. The minimum absolute atomic E-state index is 0.0110. The summed E-state index contributed by atoms with van der Waals surface area (Å²) >= 11 is 0. The third-order valence-corrected chi connectivity index (χ3v) is 16.5. The lowest BCUT2D eigenvalue weighted by molar-refractivity contribution is -0.246. The van der Waals surface area contributed by atoms with Crippen molar-refractivity contribution in [2.24, 2.45) is 56.7 Å². The molecule has 0 bridgehead atoms. The van der Waals surface area contributed by atoms with E-state index in [0.717, 1.165) is 63.4 Å². The molecule has 10 atom stereocenters. The van der Waals surface area contributed by atoms with Gasteiger partial charge < -0.3 is 4.74 Å². The topological polar surface area (TPSA) is 69.7 Å². The van der Waals surface area contributed by atoms with Crippen LogP contribution in [0.4, 0.5) is 0 Å². The van der Waals surface area contributed by atoms with Crippen LogP contribution in [-0.2, 0) is 23.8 Å². The number of rotatable bonds is 5. The van der Waals surface area contributed by atoms with E-state index in [1.54, 1.807) is 19.2 Å². The third-order valence-electron chi connectivity index (χ3n) is 15.2. The Labute approximate surface area is 267 Å². The van der Waals surface area contributed by atoms with Crippen LogP contribution in [0.1, 0.15) is 111 Å². The van der Waals surface area contributed by atoms with Crippen molar-refractivity contribution in [2.75, 3.05) is 7.11 Å². The molecular weight excluding hydrogens is 568 g/mol. The minimum Gasteiger partial charge on any atom is -0.469 e. The van der Waals surface area contributed by atoms with Crippen LogP contribution in [0, 0.1) is 63.6 Å². The maximum absolute atomic E-state index is 13.5. The molecule has 0 saturated heterocycles. The number of hydrogen-bond donors (Lipinski definition) is 0. The molecule has 0 aliphatic heterocycles. The quantitative estimate of drug-likeness (QED) is 0.186. The molecule has 6 rings (SSSR count). The molecule has 5 nitrogen and oxygen atoms in total. The lowest BCUT2D eigenvalue weighted by Crippen LogP contribution is -2.67. The molecule has 244 valence electrons. The number of esters is 1. The summed E-state index contributed by atoms with van der Waals surface area (Å²) in [5.74, 6) is 2.12. The molecule has 0 unspecified atom stereocenters. The van der Waals surface area contributed by atoms with Crippen LogP contribution in [-0.4, -0.2) is 27.6 Å². The number of ether oxygens (including phenoxy) is 1. The molecule has 1 aromatic carbocycles. The molecule has 5 aliphatic rings. The Balaban J connectivity index is 1.30. The summed E-state index contributed by atoms with van der Waals surface area (Å²) in [4.78, 5) is 13.8. The fourth-order valence-electron chi connectivity index (χ4n) is 12.8. The van der Waals surface area contributed by atoms with Gasteiger partial charge in [-0.3, -0.25) is 8.98 Å². The Morgan fingerprint density at radius 2 is 1.52 bits per heavy atom. The van der Waals surface area contributed by atoms with Gasteiger partial charge in [-0.15, -0.1) is 0 Å². The Hall–Kier alpha value is -1.66. The van der Waals surface area contributed by atoms with E-state index in [4.69, 9.17) is 8.92 Å². The lowest BCUT2D eigenvalue weighted by Gasteiger charge is -2.72. The highest BCUT2D eigenvalue weighted by molar-refractivity contribution is 7.86. The van der Waals surface area contributed by atoms with Crippen molar-refractivity contribution in [3.8, 4) is 0 Å². The summed E-state index contributed by atoms with van der Waals surface area (Å²) in [7, 11) is -2.27. The SMILES string of the molecule is C=C(C)[C@@H]1CC[C@]2(C(=O)OC)CC[C@@]3(C)[C@H](CC[C@H]4[C@@]5(C)CC[C@@H](OS(=O)(=O)c6ccc(C)cc6)C(C)(C)[C@H]5CC[C@]43C)[C@H]12. The van der Waals surface area contributed by atoms with Gasteiger partial charge in [-0.25, -0.2) is 0 Å². The van der Waals surface area contributed by atoms with E-state index in [2.05, 4.69) is 48.1 Å². The highest BCUT2D eigenvalue weighted by atomic mass is 32.2. The Morgan fingerprint density at radius 3 is 2.16 bits per heavy atom. The van der Waals surface area contributed by atoms with Gasteiger partial charge in [0.2, 0.25) is 0 Å². The first-order valence-corrected chi connectivity index (χ1v) is 18.6. The standard InChI is InChI=1S/C38H56O5S/c1-24(2)27-16-21-38(33(39)42-9)23-22-36(7)28(32(27)38)14-15-30-35(6)19-18-31(34(4,5)29(35)17-20-37(30,36)8)43-44(40,41)26-12-10-25(3)11-13-26/h10-13,27-32H,1,14-23H2,2-9H3/t27-,28+,29+,30-,31+,32-,35-,36-,37+,38-/m0/s1. The summed E-state index contributed by atoms with van der Waals surface area (Å²) < 4.78 is 38.5. The Morgan fingerprint density at radius 1 is 0.841 bits per heavy atom. The van der Waals surface area contributed by atoms with E-state index in [9.17, 15) is 13.2 Å². The van der Waals surface area contributed by atoms with Crippen molar-refractivity contribution in [3.63, 3.8) is 0 Å². The van der Waals surface area contributed by atoms with Gasteiger partial charge in [0.05, 0.1) is 23.5 Å². The molecule has 0 heterocycles. The maximum atomic E-state index is 13.5. The number of methoxy groups -OCH3 is 1. The van der Waals surface area contributed by atoms with E-state index < -0.39 is 10.1 Å². The van der Waals surface area contributed by atoms with E-state index in [0.29, 0.717) is 29.6 Å². The number of fused-ring (bicyclic) bond motifs is 7. The van der Waals surface area contributed by atoms with Gasteiger partial charge in [0.15, 0.2) is 0 Å². The van der Waals surface area contributed by atoms with Crippen LogP contribution in [0.15, 0.2) is 41.3 Å². The van der Waals surface area contributed by atoms with Crippen molar-refractivity contribution >= 4 is 16.1 Å². The maximum Gasteiger partial charge on any atom is 0.312 e. The van der Waals surface area contributed by atoms with Crippen LogP contribution in [0.5, 0.6) is 0 Å². The first-order valence-electron chi connectivity index (χ1n) is 17.2. The van der Waals surface area contributed by atoms with Gasteiger partial charge in [-0.1, -0.05) is 64.5 Å². The second kappa shape index (κ2) is 10.4. The van der Waals surface area contributed by atoms with Crippen molar-refractivity contribution in [1.82, 2.24) is 0 Å². The van der Waals surface area contributed by atoms with Crippen molar-refractivity contribution in [3.05, 3.63) is 42.0 Å². The van der Waals surface area contributed by atoms with Crippen molar-refractivity contribution in [1.29, 1.82) is 0 Å². The van der Waals surface area contributed by atoms with E-state index in [-0.39, 0.29) is 44.0 Å². The predicted octanol–water partition coefficient (Wildman–Crippen LogP) is 8.90. The number of aryl methyl sites for hydroxylation is 1. The van der Waals surface area contributed by atoms with Crippen LogP contribution in [0.25, 0.3) is 0 Å². The van der Waals surface area contributed by atoms with Crippen LogP contribution >= 0.6 is 0 Å². The molecule has 0 radical (unpaired) electrons. The van der Waals surface area contributed by atoms with Gasteiger partial charge in [-0.2, -0.15) is 8.42 Å². The van der Waals surface area contributed by atoms with E-state index >= 15 is 0 Å². The van der Waals surface area contributed by atoms with Crippen molar-refractivity contribution in [2.45, 2.75) is 124 Å². The average molecular weight is 625 g/mol. The van der Waals surface area contributed by atoms with Gasteiger partial charge in [-0.05, 0) is 141 Å². The second-order valence-electron chi connectivity index (χ2n) is 17.0. The summed E-state index contributed by atoms with van der Waals surface area (Å²) in [6.45, 7) is 20.8. The smallest absolute Gasteiger partial charge is 0.312 e. The molecule has 44 heavy (non-hydrogen) atoms. The largest absolute Gasteiger partial charge is 0.469 e. The van der Waals surface area contributed by atoms with Gasteiger partial charge in [0.1, 0.15) is 0 Å². The molecule has 6 heteroatoms. The molecule has 5 saturated carbocycles. The molecule has 0 aromatic heterocycles. The zero-order chi connectivity index (χ0) is 32.1.